The number of hydroxylamine groups is 2. The van der Waals surface area contributed by atoms with Gasteiger partial charge in [-0.25, -0.2) is 0 Å². The topological polar surface area (TPSA) is 75.8 Å². The van der Waals surface area contributed by atoms with Gasteiger partial charge in [0.1, 0.15) is 6.10 Å². The summed E-state index contributed by atoms with van der Waals surface area (Å²) in [5.41, 5.74) is 5.25. The van der Waals surface area contributed by atoms with Crippen LogP contribution in [0.5, 0.6) is 0 Å². The molecule has 174 valence electrons. The van der Waals surface area contributed by atoms with Crippen LogP contribution in [-0.2, 0) is 9.53 Å². The third-order valence-electron chi connectivity index (χ3n) is 5.87. The van der Waals surface area contributed by atoms with E-state index in [1.807, 2.05) is 6.92 Å². The molecule has 2 atom stereocenters. The Bertz CT molecular complexity index is 366. The minimum Gasteiger partial charge on any atom is -0.460 e. The van der Waals surface area contributed by atoms with Crippen molar-refractivity contribution in [3.8, 4) is 0 Å². The molecule has 0 rings (SSSR count). The molecule has 0 amide bonds. The maximum absolute atomic E-state index is 11.2. The molecule has 0 saturated carbocycles. The molecule has 0 aliphatic carbocycles. The zero-order valence-corrected chi connectivity index (χ0v) is 19.7. The smallest absolute Gasteiger partial charge is 0.320 e. The van der Waals surface area contributed by atoms with Gasteiger partial charge in [0.05, 0.1) is 12.6 Å². The fraction of sp³-hybridized carbons (Fsp3) is 0.958. The van der Waals surface area contributed by atoms with Crippen molar-refractivity contribution >= 4 is 5.97 Å². The van der Waals surface area contributed by atoms with Crippen molar-refractivity contribution in [1.82, 2.24) is 5.06 Å². The molecule has 5 heteroatoms. The van der Waals surface area contributed by atoms with Gasteiger partial charge in [0.2, 0.25) is 0 Å². The molecule has 0 aromatic rings. The van der Waals surface area contributed by atoms with Gasteiger partial charge in [0.25, 0.3) is 0 Å². The van der Waals surface area contributed by atoms with Crippen LogP contribution in [0.4, 0.5) is 0 Å². The van der Waals surface area contributed by atoms with Crippen molar-refractivity contribution in [1.29, 1.82) is 0 Å². The third-order valence-corrected chi connectivity index (χ3v) is 5.87. The second kappa shape index (κ2) is 20.6. The maximum Gasteiger partial charge on any atom is 0.320 e. The Labute approximate surface area is 180 Å². The van der Waals surface area contributed by atoms with Gasteiger partial charge in [0, 0.05) is 6.54 Å². The highest BCUT2D eigenvalue weighted by Crippen LogP contribution is 2.14. The Balaban J connectivity index is 3.37. The van der Waals surface area contributed by atoms with Crippen molar-refractivity contribution in [3.63, 3.8) is 0 Å². The highest BCUT2D eigenvalue weighted by Gasteiger charge is 2.21. The molecule has 0 aliphatic rings. The number of esters is 1. The fourth-order valence-electron chi connectivity index (χ4n) is 3.62. The monoisotopic (exact) mass is 414 g/mol. The van der Waals surface area contributed by atoms with Gasteiger partial charge in [-0.1, -0.05) is 103 Å². The molecular weight excluding hydrogens is 364 g/mol. The van der Waals surface area contributed by atoms with E-state index in [4.69, 9.17) is 10.5 Å². The lowest BCUT2D eigenvalue weighted by atomic mass is 10.0. The van der Waals surface area contributed by atoms with E-state index in [2.05, 4.69) is 6.92 Å². The maximum atomic E-state index is 11.2. The first-order valence-corrected chi connectivity index (χ1v) is 12.4. The normalized spacial score (nSPS) is 13.6. The summed E-state index contributed by atoms with van der Waals surface area (Å²) in [6, 6.07) is -0.221. The van der Waals surface area contributed by atoms with Crippen LogP contribution in [0.2, 0.25) is 0 Å². The van der Waals surface area contributed by atoms with Crippen LogP contribution < -0.4 is 5.73 Å². The van der Waals surface area contributed by atoms with E-state index in [1.54, 1.807) is 6.92 Å². The molecule has 0 heterocycles. The third kappa shape index (κ3) is 17.9. The number of nitrogens with zero attached hydrogens (tertiary/aromatic N) is 1. The summed E-state index contributed by atoms with van der Waals surface area (Å²) in [7, 11) is 0. The zero-order chi connectivity index (χ0) is 21.7. The van der Waals surface area contributed by atoms with Gasteiger partial charge in [-0.3, -0.25) is 4.79 Å². The lowest BCUT2D eigenvalue weighted by Crippen LogP contribution is -2.41. The standard InChI is InChI=1S/C24H50N2O3/c1-4-5-6-7-8-9-10-11-12-13-14-15-16-17-18-19-20-26(28)22(2)23(3)29-24(27)21-25/h22-23,28H,4-21,25H2,1-3H3. The van der Waals surface area contributed by atoms with Gasteiger partial charge in [-0.2, -0.15) is 5.06 Å². The summed E-state index contributed by atoms with van der Waals surface area (Å²) in [5, 5.41) is 11.4. The Morgan fingerprint density at radius 3 is 1.55 bits per heavy atom. The van der Waals surface area contributed by atoms with Crippen LogP contribution in [0.15, 0.2) is 0 Å². The molecule has 5 nitrogen and oxygen atoms in total. The van der Waals surface area contributed by atoms with Crippen LogP contribution >= 0.6 is 0 Å². The summed E-state index contributed by atoms with van der Waals surface area (Å²) in [5.74, 6) is -0.430. The average Bonchev–Trinajstić information content (AvgIpc) is 2.72. The first-order valence-electron chi connectivity index (χ1n) is 12.4. The SMILES string of the molecule is CCCCCCCCCCCCCCCCCCN(O)C(C)C(C)OC(=O)CN. The zero-order valence-electron chi connectivity index (χ0n) is 19.7. The summed E-state index contributed by atoms with van der Waals surface area (Å²) in [4.78, 5) is 11.2. The molecule has 3 N–H and O–H groups in total. The number of ether oxygens (including phenoxy) is 1. The molecule has 0 spiro atoms. The molecule has 0 aromatic heterocycles. The van der Waals surface area contributed by atoms with Crippen LogP contribution in [0.3, 0.4) is 0 Å². The van der Waals surface area contributed by atoms with Gasteiger partial charge in [-0.15, -0.1) is 0 Å². The molecular formula is C24H50N2O3. The Morgan fingerprint density at radius 2 is 1.17 bits per heavy atom. The number of carbonyl (C=O) groups is 1. The highest BCUT2D eigenvalue weighted by atomic mass is 16.6. The summed E-state index contributed by atoms with van der Waals surface area (Å²) in [6.45, 7) is 6.42. The lowest BCUT2D eigenvalue weighted by Gasteiger charge is -2.27. The molecule has 0 fully saturated rings. The van der Waals surface area contributed by atoms with E-state index in [0.717, 1.165) is 12.8 Å². The van der Waals surface area contributed by atoms with E-state index < -0.39 is 5.97 Å². The average molecular weight is 415 g/mol. The van der Waals surface area contributed by atoms with Crippen molar-refractivity contribution < 1.29 is 14.7 Å². The number of hydrogen-bond donors (Lipinski definition) is 2. The lowest BCUT2D eigenvalue weighted by molar-refractivity contribution is -0.171. The van der Waals surface area contributed by atoms with Crippen molar-refractivity contribution in [2.75, 3.05) is 13.1 Å². The Kier molecular flexibility index (Phi) is 20.2. The molecule has 0 saturated heterocycles. The van der Waals surface area contributed by atoms with Crippen molar-refractivity contribution in [3.05, 3.63) is 0 Å². The molecule has 0 bridgehead atoms. The largest absolute Gasteiger partial charge is 0.460 e. The van der Waals surface area contributed by atoms with E-state index in [0.29, 0.717) is 6.54 Å². The van der Waals surface area contributed by atoms with Crippen LogP contribution in [0.25, 0.3) is 0 Å². The van der Waals surface area contributed by atoms with E-state index in [9.17, 15) is 10.0 Å². The summed E-state index contributed by atoms with van der Waals surface area (Å²) in [6.07, 6.45) is 21.1. The second-order valence-corrected chi connectivity index (χ2v) is 8.61. The minimum absolute atomic E-state index is 0.123. The molecule has 0 aliphatic heterocycles. The Hall–Kier alpha value is -0.650. The van der Waals surface area contributed by atoms with E-state index in [-0.39, 0.29) is 18.7 Å². The molecule has 2 unspecified atom stereocenters. The van der Waals surface area contributed by atoms with Gasteiger partial charge in [-0.05, 0) is 20.3 Å². The van der Waals surface area contributed by atoms with Crippen molar-refractivity contribution in [2.24, 2.45) is 5.73 Å². The van der Waals surface area contributed by atoms with Gasteiger partial charge >= 0.3 is 5.97 Å². The van der Waals surface area contributed by atoms with Crippen LogP contribution in [-0.4, -0.2) is 41.5 Å². The van der Waals surface area contributed by atoms with Crippen LogP contribution in [0, 0.1) is 0 Å². The molecule has 29 heavy (non-hydrogen) atoms. The number of hydrogen-bond acceptors (Lipinski definition) is 5. The predicted octanol–water partition coefficient (Wildman–Crippen LogP) is 6.22. The molecule has 0 aromatic carbocycles. The first-order chi connectivity index (χ1) is 14.0. The summed E-state index contributed by atoms with van der Waals surface area (Å²) < 4.78 is 5.15. The van der Waals surface area contributed by atoms with E-state index >= 15 is 0 Å². The number of rotatable bonds is 21. The minimum atomic E-state index is -0.430. The van der Waals surface area contributed by atoms with Gasteiger partial charge in [0.15, 0.2) is 0 Å². The number of unbranched alkanes of at least 4 members (excludes halogenated alkanes) is 15. The highest BCUT2D eigenvalue weighted by molar-refractivity contribution is 5.71. The van der Waals surface area contributed by atoms with Gasteiger partial charge < -0.3 is 15.7 Å². The number of nitrogens with two attached hydrogens (primary N) is 1. The Morgan fingerprint density at radius 1 is 0.793 bits per heavy atom. The number of carbonyl (C=O) groups excluding carboxylic acids is 1. The molecule has 0 radical (unpaired) electrons. The summed E-state index contributed by atoms with van der Waals surface area (Å²) >= 11 is 0. The predicted molar refractivity (Wildman–Crippen MR) is 122 cm³/mol. The van der Waals surface area contributed by atoms with Crippen molar-refractivity contribution in [2.45, 2.75) is 136 Å². The second-order valence-electron chi connectivity index (χ2n) is 8.61. The van der Waals surface area contributed by atoms with E-state index in [1.165, 1.54) is 95.0 Å². The van der Waals surface area contributed by atoms with Crippen LogP contribution in [0.1, 0.15) is 124 Å². The fourth-order valence-corrected chi connectivity index (χ4v) is 3.62. The quantitative estimate of drug-likeness (QED) is 0.132. The first kappa shape index (κ1) is 28.4.